The van der Waals surface area contributed by atoms with Crippen molar-refractivity contribution in [1.82, 2.24) is 0 Å². The minimum absolute atomic E-state index is 0.355. The van der Waals surface area contributed by atoms with E-state index in [0.29, 0.717) is 16.6 Å². The molecule has 0 saturated carbocycles. The zero-order valence-corrected chi connectivity index (χ0v) is 12.3. The molecule has 0 heterocycles. The Morgan fingerprint density at radius 3 is 2.39 bits per heavy atom. The van der Waals surface area contributed by atoms with Crippen LogP contribution in [0.25, 0.3) is 0 Å². The third-order valence-corrected chi connectivity index (χ3v) is 2.60. The molecule has 18 heavy (non-hydrogen) atoms. The van der Waals surface area contributed by atoms with E-state index >= 15 is 0 Å². The fourth-order valence-corrected chi connectivity index (χ4v) is 1.89. The fraction of sp³-hybridized carbons (Fsp3) is 0.500. The molecule has 100 valence electrons. The van der Waals surface area contributed by atoms with Gasteiger partial charge in [0.15, 0.2) is 0 Å². The molecule has 0 aliphatic carbocycles. The maximum atomic E-state index is 11.6. The van der Waals surface area contributed by atoms with Gasteiger partial charge in [-0.2, -0.15) is 0 Å². The van der Waals surface area contributed by atoms with E-state index in [1.54, 1.807) is 6.07 Å². The van der Waals surface area contributed by atoms with Crippen LogP contribution in [0.3, 0.4) is 0 Å². The number of carbonyl (C=O) groups is 1. The van der Waals surface area contributed by atoms with Gasteiger partial charge in [0.05, 0.1) is 0 Å². The number of halogens is 1. The lowest BCUT2D eigenvalue weighted by Gasteiger charge is -2.20. The van der Waals surface area contributed by atoms with E-state index < -0.39 is 11.7 Å². The van der Waals surface area contributed by atoms with Crippen molar-refractivity contribution in [2.24, 2.45) is 0 Å². The second-order valence-corrected chi connectivity index (χ2v) is 5.93. The number of hydrogen-bond acceptors (Lipinski definition) is 2. The SMILES string of the molecule is CC(C)c1ccc(NC(=O)OC(C)(C)C)cc1Cl. The van der Waals surface area contributed by atoms with E-state index in [9.17, 15) is 4.79 Å². The van der Waals surface area contributed by atoms with E-state index in [0.717, 1.165) is 5.56 Å². The fourth-order valence-electron chi connectivity index (χ4n) is 1.49. The molecule has 1 aromatic carbocycles. The van der Waals surface area contributed by atoms with Crippen molar-refractivity contribution in [2.75, 3.05) is 5.32 Å². The lowest BCUT2D eigenvalue weighted by molar-refractivity contribution is 0.0636. The molecule has 1 rings (SSSR count). The number of ether oxygens (including phenoxy) is 1. The molecule has 0 aliphatic heterocycles. The molecular weight excluding hydrogens is 250 g/mol. The summed E-state index contributed by atoms with van der Waals surface area (Å²) in [4.78, 5) is 11.6. The quantitative estimate of drug-likeness (QED) is 0.837. The molecule has 1 amide bonds. The zero-order valence-electron chi connectivity index (χ0n) is 11.5. The number of nitrogens with one attached hydrogen (secondary N) is 1. The highest BCUT2D eigenvalue weighted by atomic mass is 35.5. The Labute approximate surface area is 113 Å². The first-order valence-electron chi connectivity index (χ1n) is 5.98. The van der Waals surface area contributed by atoms with Gasteiger partial charge in [-0.15, -0.1) is 0 Å². The van der Waals surface area contributed by atoms with Gasteiger partial charge < -0.3 is 4.74 Å². The van der Waals surface area contributed by atoms with Crippen LogP contribution in [-0.4, -0.2) is 11.7 Å². The summed E-state index contributed by atoms with van der Waals surface area (Å²) in [6.07, 6.45) is -0.476. The maximum absolute atomic E-state index is 11.6. The van der Waals surface area contributed by atoms with E-state index in [4.69, 9.17) is 16.3 Å². The van der Waals surface area contributed by atoms with Crippen LogP contribution in [-0.2, 0) is 4.74 Å². The van der Waals surface area contributed by atoms with Gasteiger partial charge in [-0.05, 0) is 44.4 Å². The van der Waals surface area contributed by atoms with Gasteiger partial charge in [0, 0.05) is 10.7 Å². The van der Waals surface area contributed by atoms with Gasteiger partial charge in [0.2, 0.25) is 0 Å². The van der Waals surface area contributed by atoms with E-state index in [-0.39, 0.29) is 0 Å². The Hall–Kier alpha value is -1.22. The van der Waals surface area contributed by atoms with Gasteiger partial charge in [0.25, 0.3) is 0 Å². The highest BCUT2D eigenvalue weighted by Gasteiger charge is 2.16. The van der Waals surface area contributed by atoms with Crippen LogP contribution in [0, 0.1) is 0 Å². The molecule has 0 atom stereocenters. The normalized spacial score (nSPS) is 11.5. The largest absolute Gasteiger partial charge is 0.444 e. The summed E-state index contributed by atoms with van der Waals surface area (Å²) >= 11 is 6.15. The number of rotatable bonds is 2. The van der Waals surface area contributed by atoms with Crippen molar-refractivity contribution < 1.29 is 9.53 Å². The molecule has 0 fully saturated rings. The van der Waals surface area contributed by atoms with E-state index in [2.05, 4.69) is 19.2 Å². The standard InChI is InChI=1S/C14H20ClNO2/c1-9(2)11-7-6-10(8-12(11)15)16-13(17)18-14(3,4)5/h6-9H,1-5H3,(H,16,17). The second-order valence-electron chi connectivity index (χ2n) is 5.52. The van der Waals surface area contributed by atoms with Crippen LogP contribution in [0.5, 0.6) is 0 Å². The summed E-state index contributed by atoms with van der Waals surface area (Å²) < 4.78 is 5.17. The van der Waals surface area contributed by atoms with Crippen LogP contribution < -0.4 is 5.32 Å². The average Bonchev–Trinajstić information content (AvgIpc) is 2.13. The Balaban J connectivity index is 2.75. The third kappa shape index (κ3) is 4.57. The van der Waals surface area contributed by atoms with Gasteiger partial charge >= 0.3 is 6.09 Å². The Morgan fingerprint density at radius 2 is 1.94 bits per heavy atom. The molecule has 4 heteroatoms. The van der Waals surface area contributed by atoms with Crippen LogP contribution in [0.2, 0.25) is 5.02 Å². The molecule has 0 radical (unpaired) electrons. The average molecular weight is 270 g/mol. The monoisotopic (exact) mass is 269 g/mol. The van der Waals surface area contributed by atoms with Crippen molar-refractivity contribution in [1.29, 1.82) is 0 Å². The molecule has 0 aromatic heterocycles. The highest BCUT2D eigenvalue weighted by molar-refractivity contribution is 6.31. The molecule has 1 aromatic rings. The maximum Gasteiger partial charge on any atom is 0.412 e. The van der Waals surface area contributed by atoms with Gasteiger partial charge in [0.1, 0.15) is 5.60 Å². The lowest BCUT2D eigenvalue weighted by Crippen LogP contribution is -2.27. The summed E-state index contributed by atoms with van der Waals surface area (Å²) in [7, 11) is 0. The minimum atomic E-state index is -0.508. The number of anilines is 1. The molecule has 0 saturated heterocycles. The van der Waals surface area contributed by atoms with E-state index in [1.165, 1.54) is 0 Å². The van der Waals surface area contributed by atoms with Gasteiger partial charge in [-0.1, -0.05) is 31.5 Å². The second kappa shape index (κ2) is 5.61. The molecule has 0 unspecified atom stereocenters. The van der Waals surface area contributed by atoms with Crippen LogP contribution in [0.15, 0.2) is 18.2 Å². The smallest absolute Gasteiger partial charge is 0.412 e. The Morgan fingerprint density at radius 1 is 1.33 bits per heavy atom. The lowest BCUT2D eigenvalue weighted by atomic mass is 10.0. The predicted molar refractivity (Wildman–Crippen MR) is 75.4 cm³/mol. The molecular formula is C14H20ClNO2. The van der Waals surface area contributed by atoms with Crippen molar-refractivity contribution in [2.45, 2.75) is 46.1 Å². The first-order valence-corrected chi connectivity index (χ1v) is 6.36. The van der Waals surface area contributed by atoms with Crippen molar-refractivity contribution >= 4 is 23.4 Å². The Kier molecular flexibility index (Phi) is 4.63. The minimum Gasteiger partial charge on any atom is -0.444 e. The highest BCUT2D eigenvalue weighted by Crippen LogP contribution is 2.27. The summed E-state index contributed by atoms with van der Waals surface area (Å²) in [5.74, 6) is 0.355. The molecule has 1 N–H and O–H groups in total. The number of amides is 1. The van der Waals surface area contributed by atoms with Gasteiger partial charge in [-0.3, -0.25) is 5.32 Å². The summed E-state index contributed by atoms with van der Waals surface area (Å²) in [6.45, 7) is 9.61. The van der Waals surface area contributed by atoms with Gasteiger partial charge in [-0.25, -0.2) is 4.79 Å². The summed E-state index contributed by atoms with van der Waals surface area (Å²) in [5.41, 5.74) is 1.19. The predicted octanol–water partition coefficient (Wildman–Crippen LogP) is 4.81. The molecule has 0 spiro atoms. The number of hydrogen-bond donors (Lipinski definition) is 1. The van der Waals surface area contributed by atoms with Crippen molar-refractivity contribution in [3.05, 3.63) is 28.8 Å². The molecule has 0 bridgehead atoms. The van der Waals surface area contributed by atoms with Crippen molar-refractivity contribution in [3.63, 3.8) is 0 Å². The number of carbonyl (C=O) groups excluding carboxylic acids is 1. The van der Waals surface area contributed by atoms with Crippen molar-refractivity contribution in [3.8, 4) is 0 Å². The topological polar surface area (TPSA) is 38.3 Å². The molecule has 0 aliphatic rings. The van der Waals surface area contributed by atoms with E-state index in [1.807, 2.05) is 32.9 Å². The first-order chi connectivity index (χ1) is 8.19. The summed E-state index contributed by atoms with van der Waals surface area (Å²) in [5, 5.41) is 3.31. The van der Waals surface area contributed by atoms with Crippen LogP contribution >= 0.6 is 11.6 Å². The number of benzene rings is 1. The third-order valence-electron chi connectivity index (χ3n) is 2.27. The molecule has 3 nitrogen and oxygen atoms in total. The van der Waals surface area contributed by atoms with Crippen LogP contribution in [0.1, 0.15) is 46.1 Å². The first kappa shape index (κ1) is 14.8. The summed E-state index contributed by atoms with van der Waals surface area (Å²) in [6, 6.07) is 5.48. The van der Waals surface area contributed by atoms with Crippen LogP contribution in [0.4, 0.5) is 10.5 Å². The Bertz CT molecular complexity index is 436. The zero-order chi connectivity index (χ0) is 13.9.